The zero-order valence-electron chi connectivity index (χ0n) is 13.4. The normalized spacial score (nSPS) is 11.9. The second-order valence-corrected chi connectivity index (χ2v) is 7.36. The van der Waals surface area contributed by atoms with Gasteiger partial charge in [-0.25, -0.2) is 12.7 Å². The summed E-state index contributed by atoms with van der Waals surface area (Å²) in [6.07, 6.45) is 4.58. The van der Waals surface area contributed by atoms with E-state index in [1.807, 2.05) is 13.8 Å². The van der Waals surface area contributed by atoms with Gasteiger partial charge >= 0.3 is 0 Å². The first-order valence-corrected chi connectivity index (χ1v) is 8.15. The molecule has 0 saturated carbocycles. The van der Waals surface area contributed by atoms with Crippen molar-refractivity contribution in [3.8, 4) is 5.75 Å². The number of hydrogen-bond donors (Lipinski definition) is 0. The molecule has 0 atom stereocenters. The number of methoxy groups -OCH3 is 1. The molecule has 0 aliphatic carbocycles. The van der Waals surface area contributed by atoms with Crippen molar-refractivity contribution in [3.05, 3.63) is 35.4 Å². The standard InChI is InChI=1S/C14H20N4O3S/c1-10-6-15-13(11(2)14(10)21-5)9-18-8-12(7-16-18)22(19,20)17(3)4/h6-8H,9H2,1-5H3. The predicted octanol–water partition coefficient (Wildman–Crippen LogP) is 1.20. The second kappa shape index (κ2) is 6.05. The number of pyridine rings is 1. The van der Waals surface area contributed by atoms with E-state index in [1.165, 1.54) is 26.5 Å². The number of sulfonamides is 1. The molecule has 7 nitrogen and oxygen atoms in total. The third-order valence-corrected chi connectivity index (χ3v) is 5.22. The van der Waals surface area contributed by atoms with Crippen molar-refractivity contribution in [1.29, 1.82) is 0 Å². The summed E-state index contributed by atoms with van der Waals surface area (Å²) in [4.78, 5) is 4.55. The Morgan fingerprint density at radius 1 is 1.27 bits per heavy atom. The molecule has 0 bridgehead atoms. The lowest BCUT2D eigenvalue weighted by atomic mass is 10.1. The number of aryl methyl sites for hydroxylation is 1. The molecule has 0 aromatic carbocycles. The van der Waals surface area contributed by atoms with Gasteiger partial charge in [0.1, 0.15) is 10.6 Å². The molecule has 0 amide bonds. The first kappa shape index (κ1) is 16.4. The molecule has 2 aromatic heterocycles. The Morgan fingerprint density at radius 3 is 2.55 bits per heavy atom. The Morgan fingerprint density at radius 2 is 1.95 bits per heavy atom. The van der Waals surface area contributed by atoms with Crippen molar-refractivity contribution in [2.45, 2.75) is 25.3 Å². The van der Waals surface area contributed by atoms with Crippen LogP contribution in [-0.4, -0.2) is 48.7 Å². The van der Waals surface area contributed by atoms with Crippen molar-refractivity contribution >= 4 is 10.0 Å². The van der Waals surface area contributed by atoms with Gasteiger partial charge in [-0.3, -0.25) is 9.67 Å². The third kappa shape index (κ3) is 2.97. The van der Waals surface area contributed by atoms with Crippen LogP contribution in [0.5, 0.6) is 5.75 Å². The van der Waals surface area contributed by atoms with Crippen LogP contribution < -0.4 is 4.74 Å². The summed E-state index contributed by atoms with van der Waals surface area (Å²) in [7, 11) is 1.13. The van der Waals surface area contributed by atoms with Gasteiger partial charge in [-0.1, -0.05) is 0 Å². The fourth-order valence-electron chi connectivity index (χ4n) is 2.16. The van der Waals surface area contributed by atoms with E-state index < -0.39 is 10.0 Å². The van der Waals surface area contributed by atoms with E-state index >= 15 is 0 Å². The number of ether oxygens (including phenoxy) is 1. The van der Waals surface area contributed by atoms with Gasteiger partial charge < -0.3 is 4.74 Å². The van der Waals surface area contributed by atoms with E-state index in [1.54, 1.807) is 18.0 Å². The van der Waals surface area contributed by atoms with Gasteiger partial charge in [0, 0.05) is 37.6 Å². The summed E-state index contributed by atoms with van der Waals surface area (Å²) in [6, 6.07) is 0. The van der Waals surface area contributed by atoms with Crippen LogP contribution in [0.3, 0.4) is 0 Å². The fraction of sp³-hybridized carbons (Fsp3) is 0.429. The molecule has 120 valence electrons. The number of nitrogens with zero attached hydrogens (tertiary/aromatic N) is 4. The predicted molar refractivity (Wildman–Crippen MR) is 82.5 cm³/mol. The quantitative estimate of drug-likeness (QED) is 0.826. The molecule has 0 aliphatic rings. The summed E-state index contributed by atoms with van der Waals surface area (Å²) < 4.78 is 32.2. The molecule has 8 heteroatoms. The highest BCUT2D eigenvalue weighted by Gasteiger charge is 2.19. The maximum atomic E-state index is 12.0. The Hall–Kier alpha value is -1.93. The van der Waals surface area contributed by atoms with E-state index in [-0.39, 0.29) is 4.90 Å². The van der Waals surface area contributed by atoms with Crippen LogP contribution >= 0.6 is 0 Å². The van der Waals surface area contributed by atoms with E-state index in [4.69, 9.17) is 4.74 Å². The zero-order valence-corrected chi connectivity index (χ0v) is 14.2. The van der Waals surface area contributed by atoms with E-state index in [2.05, 4.69) is 10.1 Å². The van der Waals surface area contributed by atoms with Gasteiger partial charge in [0.05, 0.1) is 25.5 Å². The molecule has 0 fully saturated rings. The monoisotopic (exact) mass is 324 g/mol. The highest BCUT2D eigenvalue weighted by atomic mass is 32.2. The minimum absolute atomic E-state index is 0.161. The summed E-state index contributed by atoms with van der Waals surface area (Å²) >= 11 is 0. The molecule has 0 saturated heterocycles. The topological polar surface area (TPSA) is 77.3 Å². The van der Waals surface area contributed by atoms with Crippen LogP contribution in [-0.2, 0) is 16.6 Å². The van der Waals surface area contributed by atoms with Gasteiger partial charge in [-0.15, -0.1) is 0 Å². The first-order chi connectivity index (χ1) is 10.3. The maximum Gasteiger partial charge on any atom is 0.245 e. The molecule has 2 heterocycles. The molecule has 22 heavy (non-hydrogen) atoms. The molecule has 2 rings (SSSR count). The molecular weight excluding hydrogens is 304 g/mol. The van der Waals surface area contributed by atoms with Crippen molar-refractivity contribution in [2.75, 3.05) is 21.2 Å². The lowest BCUT2D eigenvalue weighted by Gasteiger charge is -2.12. The van der Waals surface area contributed by atoms with Gasteiger partial charge in [-0.05, 0) is 13.8 Å². The van der Waals surface area contributed by atoms with Crippen LogP contribution in [0.25, 0.3) is 0 Å². The average molecular weight is 324 g/mol. The summed E-state index contributed by atoms with van der Waals surface area (Å²) in [5.74, 6) is 0.790. The van der Waals surface area contributed by atoms with E-state index in [0.717, 1.165) is 26.9 Å². The molecule has 0 spiro atoms. The van der Waals surface area contributed by atoms with Crippen LogP contribution in [0.4, 0.5) is 0 Å². The van der Waals surface area contributed by atoms with Crippen LogP contribution in [0.1, 0.15) is 16.8 Å². The molecule has 2 aromatic rings. The largest absolute Gasteiger partial charge is 0.496 e. The minimum Gasteiger partial charge on any atom is -0.496 e. The van der Waals surface area contributed by atoms with Gasteiger partial charge in [0.15, 0.2) is 0 Å². The number of hydrogen-bond acceptors (Lipinski definition) is 5. The van der Waals surface area contributed by atoms with E-state index in [9.17, 15) is 8.42 Å². The van der Waals surface area contributed by atoms with Crippen molar-refractivity contribution in [1.82, 2.24) is 19.1 Å². The molecule has 0 unspecified atom stereocenters. The van der Waals surface area contributed by atoms with Crippen molar-refractivity contribution < 1.29 is 13.2 Å². The molecule has 0 aliphatic heterocycles. The first-order valence-electron chi connectivity index (χ1n) is 6.71. The lowest BCUT2D eigenvalue weighted by Crippen LogP contribution is -2.21. The second-order valence-electron chi connectivity index (χ2n) is 5.21. The number of rotatable bonds is 5. The van der Waals surface area contributed by atoms with E-state index in [0.29, 0.717) is 6.54 Å². The Balaban J connectivity index is 2.32. The Kier molecular flexibility index (Phi) is 4.52. The smallest absolute Gasteiger partial charge is 0.245 e. The van der Waals surface area contributed by atoms with Crippen LogP contribution in [0, 0.1) is 13.8 Å². The summed E-state index contributed by atoms with van der Waals surface area (Å²) in [5.41, 5.74) is 2.68. The Bertz CT molecular complexity index is 781. The molecule has 0 radical (unpaired) electrons. The molecular formula is C14H20N4O3S. The number of aromatic nitrogens is 3. The van der Waals surface area contributed by atoms with Crippen molar-refractivity contribution in [3.63, 3.8) is 0 Å². The lowest BCUT2D eigenvalue weighted by molar-refractivity contribution is 0.406. The zero-order chi connectivity index (χ0) is 16.5. The highest BCUT2D eigenvalue weighted by molar-refractivity contribution is 7.89. The van der Waals surface area contributed by atoms with Gasteiger partial charge in [0.2, 0.25) is 10.0 Å². The van der Waals surface area contributed by atoms with Crippen LogP contribution in [0.2, 0.25) is 0 Å². The van der Waals surface area contributed by atoms with Gasteiger partial charge in [0.25, 0.3) is 0 Å². The summed E-state index contributed by atoms with van der Waals surface area (Å²) in [5, 5.41) is 4.11. The molecule has 0 N–H and O–H groups in total. The highest BCUT2D eigenvalue weighted by Crippen LogP contribution is 2.24. The minimum atomic E-state index is -3.47. The van der Waals surface area contributed by atoms with Crippen molar-refractivity contribution in [2.24, 2.45) is 0 Å². The Labute approximate surface area is 130 Å². The fourth-order valence-corrected chi connectivity index (χ4v) is 3.02. The third-order valence-electron chi connectivity index (χ3n) is 3.45. The SMILES string of the molecule is COc1c(C)cnc(Cn2cc(S(=O)(=O)N(C)C)cn2)c1C. The van der Waals surface area contributed by atoms with Crippen LogP contribution in [0.15, 0.2) is 23.5 Å². The maximum absolute atomic E-state index is 12.0. The summed E-state index contributed by atoms with van der Waals surface area (Å²) in [6.45, 7) is 4.23. The average Bonchev–Trinajstić information content (AvgIpc) is 2.92. The van der Waals surface area contributed by atoms with Gasteiger partial charge in [-0.2, -0.15) is 5.10 Å².